The zero-order chi connectivity index (χ0) is 24.4. The van der Waals surface area contributed by atoms with Crippen LogP contribution in [0.5, 0.6) is 0 Å². The molecule has 4 amide bonds. The van der Waals surface area contributed by atoms with Crippen LogP contribution in [-0.4, -0.2) is 61.8 Å². The van der Waals surface area contributed by atoms with Crippen molar-refractivity contribution in [3.05, 3.63) is 58.6 Å². The van der Waals surface area contributed by atoms with Gasteiger partial charge in [0, 0.05) is 36.0 Å². The molecular weight excluding hydrogens is 481 g/mol. The number of nitrogens with one attached hydrogen (secondary N) is 1. The first-order valence-electron chi connectivity index (χ1n) is 10.8. The Kier molecular flexibility index (Phi) is 7.42. The Bertz CT molecular complexity index is 1100. The fourth-order valence-corrected chi connectivity index (χ4v) is 5.08. The Labute approximate surface area is 207 Å². The molecule has 180 valence electrons. The van der Waals surface area contributed by atoms with Gasteiger partial charge in [-0.1, -0.05) is 35.3 Å². The van der Waals surface area contributed by atoms with Gasteiger partial charge in [0.05, 0.1) is 23.8 Å². The number of rotatable bonds is 6. The van der Waals surface area contributed by atoms with Gasteiger partial charge in [0.15, 0.2) is 0 Å². The molecule has 2 aromatic carbocycles. The summed E-state index contributed by atoms with van der Waals surface area (Å²) in [7, 11) is 3.14. The van der Waals surface area contributed by atoms with Crippen molar-refractivity contribution in [1.29, 1.82) is 0 Å². The number of benzene rings is 2. The van der Waals surface area contributed by atoms with Gasteiger partial charge >= 0.3 is 6.03 Å². The number of urea groups is 1. The normalized spacial score (nSPS) is 24.7. The summed E-state index contributed by atoms with van der Waals surface area (Å²) in [4.78, 5) is 42.6. The van der Waals surface area contributed by atoms with Crippen molar-refractivity contribution < 1.29 is 23.9 Å². The van der Waals surface area contributed by atoms with E-state index in [1.54, 1.807) is 62.8 Å². The molecule has 4 unspecified atom stereocenters. The number of imide groups is 1. The summed E-state index contributed by atoms with van der Waals surface area (Å²) in [5, 5.41) is 3.64. The van der Waals surface area contributed by atoms with Crippen LogP contribution in [-0.2, 0) is 19.1 Å². The number of ether oxygens (including phenoxy) is 2. The van der Waals surface area contributed by atoms with E-state index in [0.717, 1.165) is 4.90 Å². The molecule has 4 rings (SSSR count). The number of amides is 4. The predicted molar refractivity (Wildman–Crippen MR) is 129 cm³/mol. The van der Waals surface area contributed by atoms with Gasteiger partial charge in [-0.3, -0.25) is 9.59 Å². The van der Waals surface area contributed by atoms with Gasteiger partial charge < -0.3 is 19.7 Å². The molecule has 10 heteroatoms. The lowest BCUT2D eigenvalue weighted by molar-refractivity contribution is -0.139. The van der Waals surface area contributed by atoms with Gasteiger partial charge in [-0.25, -0.2) is 9.69 Å². The van der Waals surface area contributed by atoms with Crippen molar-refractivity contribution >= 4 is 52.4 Å². The first-order chi connectivity index (χ1) is 16.3. The van der Waals surface area contributed by atoms with E-state index < -0.39 is 23.9 Å². The highest BCUT2D eigenvalue weighted by Gasteiger charge is 2.52. The molecule has 1 N–H and O–H groups in total. The topological polar surface area (TPSA) is 88.2 Å². The van der Waals surface area contributed by atoms with E-state index in [2.05, 4.69) is 5.32 Å². The summed E-state index contributed by atoms with van der Waals surface area (Å²) in [5.74, 6) is -1.31. The zero-order valence-corrected chi connectivity index (χ0v) is 20.3. The van der Waals surface area contributed by atoms with Crippen LogP contribution >= 0.6 is 23.2 Å². The third-order valence-corrected chi connectivity index (χ3v) is 6.78. The van der Waals surface area contributed by atoms with E-state index in [0.29, 0.717) is 34.3 Å². The van der Waals surface area contributed by atoms with E-state index >= 15 is 0 Å². The number of anilines is 2. The van der Waals surface area contributed by atoms with E-state index in [9.17, 15) is 14.4 Å². The second-order valence-corrected chi connectivity index (χ2v) is 9.19. The molecule has 1 saturated heterocycles. The third-order valence-electron chi connectivity index (χ3n) is 6.31. The molecule has 2 aromatic rings. The third kappa shape index (κ3) is 4.90. The van der Waals surface area contributed by atoms with Crippen LogP contribution in [0.2, 0.25) is 10.0 Å². The van der Waals surface area contributed by atoms with Gasteiger partial charge in [-0.15, -0.1) is 0 Å². The number of hydrogen-bond donors (Lipinski definition) is 1. The van der Waals surface area contributed by atoms with Crippen molar-refractivity contribution in [2.45, 2.75) is 31.1 Å². The molecule has 0 spiro atoms. The Morgan fingerprint density at radius 1 is 1.00 bits per heavy atom. The van der Waals surface area contributed by atoms with E-state index in [4.69, 9.17) is 32.7 Å². The minimum absolute atomic E-state index is 0.245. The van der Waals surface area contributed by atoms with Crippen LogP contribution in [0.3, 0.4) is 0 Å². The standard InChI is InChI=1S/C24H25Cl2N3O5/c1-33-20-11-18-19(12-21(20)34-2)28(13-22(30)27-16-7-3-5-14(25)9-16)24(32)29(23(18)31)17-8-4-6-15(26)10-17/h3-10,18-21H,11-13H2,1-2H3,(H,27,30). The van der Waals surface area contributed by atoms with Crippen LogP contribution in [0.4, 0.5) is 16.2 Å². The maximum Gasteiger partial charge on any atom is 0.332 e. The number of fused-ring (bicyclic) bond motifs is 1. The highest BCUT2D eigenvalue weighted by molar-refractivity contribution is 6.31. The minimum Gasteiger partial charge on any atom is -0.379 e. The molecule has 1 aliphatic carbocycles. The largest absolute Gasteiger partial charge is 0.379 e. The molecule has 1 saturated carbocycles. The lowest BCUT2D eigenvalue weighted by Gasteiger charge is -2.49. The second-order valence-electron chi connectivity index (χ2n) is 8.32. The fraction of sp³-hybridized carbons (Fsp3) is 0.375. The quantitative estimate of drug-likeness (QED) is 0.635. The molecule has 0 radical (unpaired) electrons. The van der Waals surface area contributed by atoms with Crippen molar-refractivity contribution in [3.63, 3.8) is 0 Å². The zero-order valence-electron chi connectivity index (χ0n) is 18.7. The van der Waals surface area contributed by atoms with Crippen LogP contribution in [0.25, 0.3) is 0 Å². The summed E-state index contributed by atoms with van der Waals surface area (Å²) in [6.45, 7) is -0.245. The molecule has 8 nitrogen and oxygen atoms in total. The van der Waals surface area contributed by atoms with E-state index in [1.807, 2.05) is 0 Å². The molecule has 1 heterocycles. The smallest absolute Gasteiger partial charge is 0.332 e. The molecule has 0 aromatic heterocycles. The number of halogens is 2. The molecule has 2 aliphatic rings. The van der Waals surface area contributed by atoms with Crippen molar-refractivity contribution in [3.8, 4) is 0 Å². The first kappa shape index (κ1) is 24.5. The van der Waals surface area contributed by atoms with Crippen molar-refractivity contribution in [1.82, 2.24) is 4.90 Å². The number of nitrogens with zero attached hydrogens (tertiary/aromatic N) is 2. The van der Waals surface area contributed by atoms with Gasteiger partial charge in [0.1, 0.15) is 6.54 Å². The van der Waals surface area contributed by atoms with Crippen LogP contribution in [0.1, 0.15) is 12.8 Å². The average molecular weight is 506 g/mol. The Morgan fingerprint density at radius 3 is 2.29 bits per heavy atom. The maximum atomic E-state index is 13.6. The lowest BCUT2D eigenvalue weighted by Crippen LogP contribution is -2.66. The monoisotopic (exact) mass is 505 g/mol. The SMILES string of the molecule is COC1CC2C(=O)N(c3cccc(Cl)c3)C(=O)N(CC(=O)Nc3cccc(Cl)c3)C2CC1OC. The van der Waals surface area contributed by atoms with Gasteiger partial charge in [0.2, 0.25) is 11.8 Å². The molecule has 1 aliphatic heterocycles. The Balaban J connectivity index is 1.65. The van der Waals surface area contributed by atoms with E-state index in [1.165, 1.54) is 4.90 Å². The van der Waals surface area contributed by atoms with Gasteiger partial charge in [0.25, 0.3) is 0 Å². The summed E-state index contributed by atoms with van der Waals surface area (Å²) in [5.41, 5.74) is 0.864. The Morgan fingerprint density at radius 2 is 1.65 bits per heavy atom. The molecular formula is C24H25Cl2N3O5. The number of carbonyl (C=O) groups is 3. The minimum atomic E-state index is -0.583. The Hall–Kier alpha value is -2.65. The second kappa shape index (κ2) is 10.3. The summed E-state index contributed by atoms with van der Waals surface area (Å²) >= 11 is 12.1. The van der Waals surface area contributed by atoms with Gasteiger partial charge in [-0.05, 0) is 49.2 Å². The van der Waals surface area contributed by atoms with Gasteiger partial charge in [-0.2, -0.15) is 0 Å². The number of carbonyl (C=O) groups excluding carboxylic acids is 3. The van der Waals surface area contributed by atoms with E-state index in [-0.39, 0.29) is 24.7 Å². The summed E-state index contributed by atoms with van der Waals surface area (Å²) in [6, 6.07) is 12.2. The highest BCUT2D eigenvalue weighted by Crippen LogP contribution is 2.38. The van der Waals surface area contributed by atoms with Crippen LogP contribution in [0, 0.1) is 5.92 Å². The molecule has 2 fully saturated rings. The molecule has 4 atom stereocenters. The molecule has 0 bridgehead atoms. The highest BCUT2D eigenvalue weighted by atomic mass is 35.5. The summed E-state index contributed by atoms with van der Waals surface area (Å²) < 4.78 is 11.2. The molecule has 34 heavy (non-hydrogen) atoms. The van der Waals surface area contributed by atoms with Crippen LogP contribution < -0.4 is 10.2 Å². The lowest BCUT2D eigenvalue weighted by atomic mass is 9.78. The van der Waals surface area contributed by atoms with Crippen LogP contribution in [0.15, 0.2) is 48.5 Å². The predicted octanol–water partition coefficient (Wildman–Crippen LogP) is 4.21. The van der Waals surface area contributed by atoms with Crippen molar-refractivity contribution in [2.75, 3.05) is 31.0 Å². The number of hydrogen-bond acceptors (Lipinski definition) is 5. The maximum absolute atomic E-state index is 13.6. The van der Waals surface area contributed by atoms with Crippen molar-refractivity contribution in [2.24, 2.45) is 5.92 Å². The first-order valence-corrected chi connectivity index (χ1v) is 11.6. The average Bonchev–Trinajstić information content (AvgIpc) is 2.81. The summed E-state index contributed by atoms with van der Waals surface area (Å²) in [6.07, 6.45) is 0.0927. The fourth-order valence-electron chi connectivity index (χ4n) is 4.71. The number of methoxy groups -OCH3 is 2.